The number of hydrogen-bond donors (Lipinski definition) is 3. The van der Waals surface area contributed by atoms with Crippen molar-refractivity contribution in [1.29, 1.82) is 0 Å². The largest absolute Gasteiger partial charge is 0.478 e. The Bertz CT molecular complexity index is 395. The molecule has 0 amide bonds. The van der Waals surface area contributed by atoms with Crippen molar-refractivity contribution < 1.29 is 23.8 Å². The molecule has 0 heterocycles. The monoisotopic (exact) mass is 217 g/mol. The molecule has 0 aliphatic carbocycles. The highest BCUT2D eigenvalue weighted by Gasteiger charge is 2.18. The molecule has 1 aromatic carbocycles. The number of nitrogens with two attached hydrogens (primary N) is 1. The van der Waals surface area contributed by atoms with Gasteiger partial charge in [0.25, 0.3) is 0 Å². The Morgan fingerprint density at radius 2 is 2.00 bits per heavy atom. The summed E-state index contributed by atoms with van der Waals surface area (Å²) in [5.41, 5.74) is 4.06. The van der Waals surface area contributed by atoms with Crippen LogP contribution in [0.2, 0.25) is 0 Å². The fourth-order valence-corrected chi connectivity index (χ4v) is 1.11. The number of hydrogen-bond acceptors (Lipinski definition) is 3. The standard InChI is InChI=1S/C9H9F2NO3/c10-6-2-7(11)5(9(14)15)1-4(6)8(13)3-12/h1-2,8,13H,3,12H2,(H,14,15). The number of aliphatic hydroxyl groups excluding tert-OH is 1. The van der Waals surface area contributed by atoms with Crippen molar-refractivity contribution in [3.05, 3.63) is 34.9 Å². The van der Waals surface area contributed by atoms with Crippen LogP contribution in [-0.4, -0.2) is 22.7 Å². The molecule has 0 saturated carbocycles. The maximum atomic E-state index is 13.1. The van der Waals surface area contributed by atoms with Gasteiger partial charge in [0.15, 0.2) is 0 Å². The lowest BCUT2D eigenvalue weighted by Crippen LogP contribution is -2.15. The van der Waals surface area contributed by atoms with Crippen LogP contribution >= 0.6 is 0 Å². The molecule has 0 spiro atoms. The summed E-state index contributed by atoms with van der Waals surface area (Å²) in [5, 5.41) is 17.8. The molecule has 15 heavy (non-hydrogen) atoms. The Balaban J connectivity index is 3.29. The van der Waals surface area contributed by atoms with E-state index in [1.54, 1.807) is 0 Å². The molecular formula is C9H9F2NO3. The molecule has 0 bridgehead atoms. The van der Waals surface area contributed by atoms with Crippen LogP contribution in [0.5, 0.6) is 0 Å². The Kier molecular flexibility index (Phi) is 3.33. The van der Waals surface area contributed by atoms with Gasteiger partial charge >= 0.3 is 5.97 Å². The van der Waals surface area contributed by atoms with Gasteiger partial charge in [0.05, 0.1) is 11.7 Å². The van der Waals surface area contributed by atoms with E-state index < -0.39 is 29.3 Å². The van der Waals surface area contributed by atoms with Gasteiger partial charge in [0, 0.05) is 18.2 Å². The van der Waals surface area contributed by atoms with Gasteiger partial charge in [0.1, 0.15) is 11.6 Å². The third kappa shape index (κ3) is 2.28. The van der Waals surface area contributed by atoms with Crippen LogP contribution in [0.15, 0.2) is 12.1 Å². The quantitative estimate of drug-likeness (QED) is 0.694. The zero-order valence-corrected chi connectivity index (χ0v) is 7.58. The van der Waals surface area contributed by atoms with E-state index in [1.807, 2.05) is 0 Å². The Morgan fingerprint density at radius 1 is 1.40 bits per heavy atom. The molecule has 0 radical (unpaired) electrons. The van der Waals surface area contributed by atoms with E-state index in [9.17, 15) is 18.7 Å². The molecule has 4 N–H and O–H groups in total. The first-order valence-electron chi connectivity index (χ1n) is 4.07. The lowest BCUT2D eigenvalue weighted by Gasteiger charge is -2.10. The zero-order valence-electron chi connectivity index (χ0n) is 7.58. The van der Waals surface area contributed by atoms with Crippen LogP contribution in [0.25, 0.3) is 0 Å². The lowest BCUT2D eigenvalue weighted by atomic mass is 10.0. The number of aromatic carboxylic acids is 1. The minimum atomic E-state index is -1.53. The summed E-state index contributed by atoms with van der Waals surface area (Å²) in [6, 6.07) is 1.15. The Hall–Kier alpha value is -1.53. The fraction of sp³-hybridized carbons (Fsp3) is 0.222. The summed E-state index contributed by atoms with van der Waals surface area (Å²) < 4.78 is 26.0. The predicted molar refractivity (Wildman–Crippen MR) is 47.3 cm³/mol. The third-order valence-corrected chi connectivity index (χ3v) is 1.90. The van der Waals surface area contributed by atoms with E-state index >= 15 is 0 Å². The van der Waals surface area contributed by atoms with Gasteiger partial charge in [-0.05, 0) is 6.07 Å². The highest BCUT2D eigenvalue weighted by atomic mass is 19.1. The highest BCUT2D eigenvalue weighted by molar-refractivity contribution is 5.88. The van der Waals surface area contributed by atoms with E-state index in [-0.39, 0.29) is 12.1 Å². The van der Waals surface area contributed by atoms with Gasteiger partial charge < -0.3 is 15.9 Å². The molecule has 1 aromatic rings. The van der Waals surface area contributed by atoms with Crippen LogP contribution in [0.3, 0.4) is 0 Å². The van der Waals surface area contributed by atoms with Gasteiger partial charge in [-0.25, -0.2) is 13.6 Å². The molecule has 0 aliphatic rings. The number of carboxylic acids is 1. The molecule has 6 heteroatoms. The maximum absolute atomic E-state index is 13.1. The van der Waals surface area contributed by atoms with E-state index in [1.165, 1.54) is 0 Å². The number of aliphatic hydroxyl groups is 1. The molecule has 0 saturated heterocycles. The molecule has 0 aromatic heterocycles. The second-order valence-electron chi connectivity index (χ2n) is 2.91. The first kappa shape index (κ1) is 11.5. The summed E-state index contributed by atoms with van der Waals surface area (Å²) in [4.78, 5) is 10.5. The topological polar surface area (TPSA) is 83.5 Å². The van der Waals surface area contributed by atoms with E-state index in [0.29, 0.717) is 6.07 Å². The summed E-state index contributed by atoms with van der Waals surface area (Å²) in [7, 11) is 0. The number of rotatable bonds is 3. The van der Waals surface area contributed by atoms with Crippen molar-refractivity contribution in [2.75, 3.05) is 6.54 Å². The number of carbonyl (C=O) groups is 1. The van der Waals surface area contributed by atoms with Crippen LogP contribution < -0.4 is 5.73 Å². The highest BCUT2D eigenvalue weighted by Crippen LogP contribution is 2.20. The first-order valence-corrected chi connectivity index (χ1v) is 4.07. The maximum Gasteiger partial charge on any atom is 0.338 e. The summed E-state index contributed by atoms with van der Waals surface area (Å²) >= 11 is 0. The molecule has 4 nitrogen and oxygen atoms in total. The van der Waals surface area contributed by atoms with Gasteiger partial charge in [-0.1, -0.05) is 0 Å². The van der Waals surface area contributed by atoms with Crippen molar-refractivity contribution in [3.8, 4) is 0 Å². The SMILES string of the molecule is NCC(O)c1cc(C(=O)O)c(F)cc1F. The van der Waals surface area contributed by atoms with Crippen LogP contribution in [0.1, 0.15) is 22.0 Å². The van der Waals surface area contributed by atoms with Gasteiger partial charge in [-0.15, -0.1) is 0 Å². The van der Waals surface area contributed by atoms with Gasteiger partial charge in [-0.2, -0.15) is 0 Å². The van der Waals surface area contributed by atoms with Crippen LogP contribution in [-0.2, 0) is 0 Å². The normalized spacial score (nSPS) is 12.5. The van der Waals surface area contributed by atoms with E-state index in [4.69, 9.17) is 10.8 Å². The molecule has 1 rings (SSSR count). The predicted octanol–water partition coefficient (Wildman–Crippen LogP) is 0.655. The molecule has 1 atom stereocenters. The second kappa shape index (κ2) is 4.33. The van der Waals surface area contributed by atoms with Crippen molar-refractivity contribution in [1.82, 2.24) is 0 Å². The van der Waals surface area contributed by atoms with Crippen LogP contribution in [0.4, 0.5) is 8.78 Å². The second-order valence-corrected chi connectivity index (χ2v) is 2.91. The van der Waals surface area contributed by atoms with E-state index in [0.717, 1.165) is 6.07 Å². The summed E-state index contributed by atoms with van der Waals surface area (Å²) in [6.07, 6.45) is -1.34. The molecule has 0 aliphatic heterocycles. The molecule has 0 fully saturated rings. The average Bonchev–Trinajstić information content (AvgIpc) is 2.16. The van der Waals surface area contributed by atoms with Crippen molar-refractivity contribution in [3.63, 3.8) is 0 Å². The smallest absolute Gasteiger partial charge is 0.338 e. The third-order valence-electron chi connectivity index (χ3n) is 1.90. The minimum Gasteiger partial charge on any atom is -0.478 e. The Morgan fingerprint density at radius 3 is 2.47 bits per heavy atom. The molecule has 82 valence electrons. The fourth-order valence-electron chi connectivity index (χ4n) is 1.11. The first-order chi connectivity index (χ1) is 6.97. The minimum absolute atomic E-state index is 0.276. The van der Waals surface area contributed by atoms with Crippen molar-refractivity contribution in [2.24, 2.45) is 5.73 Å². The molecular weight excluding hydrogens is 208 g/mol. The van der Waals surface area contributed by atoms with Gasteiger partial charge in [-0.3, -0.25) is 0 Å². The molecule has 1 unspecified atom stereocenters. The van der Waals surface area contributed by atoms with Gasteiger partial charge in [0.2, 0.25) is 0 Å². The van der Waals surface area contributed by atoms with E-state index in [2.05, 4.69) is 0 Å². The average molecular weight is 217 g/mol. The van der Waals surface area contributed by atoms with Crippen molar-refractivity contribution >= 4 is 5.97 Å². The number of halogens is 2. The Labute approximate surface area is 83.9 Å². The van der Waals surface area contributed by atoms with Crippen LogP contribution in [0, 0.1) is 11.6 Å². The summed E-state index contributed by atoms with van der Waals surface area (Å²) in [6.45, 7) is -0.276. The number of benzene rings is 1. The number of carboxylic acid groups (broad SMARTS) is 1. The summed E-state index contributed by atoms with van der Waals surface area (Å²) in [5.74, 6) is -3.73. The zero-order chi connectivity index (χ0) is 11.6. The van der Waals surface area contributed by atoms with Crippen molar-refractivity contribution in [2.45, 2.75) is 6.10 Å². The lowest BCUT2D eigenvalue weighted by molar-refractivity contribution is 0.0691.